The quantitative estimate of drug-likeness (QED) is 0.708. The Morgan fingerprint density at radius 2 is 1.60 bits per heavy atom. The van der Waals surface area contributed by atoms with Gasteiger partial charge in [-0.3, -0.25) is 0 Å². The van der Waals surface area contributed by atoms with Crippen molar-refractivity contribution in [1.82, 2.24) is 4.98 Å². The van der Waals surface area contributed by atoms with E-state index in [1.807, 2.05) is 6.20 Å². The van der Waals surface area contributed by atoms with Crippen LogP contribution in [0.15, 0.2) is 48.7 Å². The highest BCUT2D eigenvalue weighted by Gasteiger charge is 1.94. The topological polar surface area (TPSA) is 15.8 Å². The van der Waals surface area contributed by atoms with Crippen LogP contribution in [0.25, 0.3) is 0 Å². The van der Waals surface area contributed by atoms with Gasteiger partial charge >= 0.3 is 0 Å². The predicted octanol–water partition coefficient (Wildman–Crippen LogP) is 3.58. The fraction of sp³-hybridized carbons (Fsp3) is 0.286. The van der Waals surface area contributed by atoms with Crippen LogP contribution >= 0.6 is 0 Å². The molecular weight excluding hydrogens is 182 g/mol. The predicted molar refractivity (Wildman–Crippen MR) is 63.9 cm³/mol. The Labute approximate surface area is 91.2 Å². The van der Waals surface area contributed by atoms with Crippen molar-refractivity contribution in [2.75, 3.05) is 0 Å². The molecule has 1 aromatic heterocycles. The van der Waals surface area contributed by atoms with E-state index in [1.54, 1.807) is 0 Å². The first-order valence-electron chi connectivity index (χ1n) is 5.61. The molecule has 1 nitrogen and oxygen atoms in total. The standard InChI is InChI=1S/C14H17N/c1-2-7-13(8-3-1)9-4-5-10-14-11-6-12-15-14/h1-3,6-8,11-12,15H,4-5,9-10H2. The van der Waals surface area contributed by atoms with Gasteiger partial charge < -0.3 is 4.98 Å². The lowest BCUT2D eigenvalue weighted by molar-refractivity contribution is 0.725. The molecule has 0 radical (unpaired) electrons. The average molecular weight is 199 g/mol. The first kappa shape index (κ1) is 10.0. The van der Waals surface area contributed by atoms with Gasteiger partial charge in [0.2, 0.25) is 0 Å². The number of aromatic amines is 1. The SMILES string of the molecule is c1ccc(CCCCc2ccc[nH]2)cc1. The van der Waals surface area contributed by atoms with E-state index in [1.165, 1.54) is 36.9 Å². The Morgan fingerprint density at radius 3 is 2.33 bits per heavy atom. The summed E-state index contributed by atoms with van der Waals surface area (Å²) < 4.78 is 0. The maximum atomic E-state index is 3.24. The van der Waals surface area contributed by atoms with Crippen LogP contribution in [0.3, 0.4) is 0 Å². The van der Waals surface area contributed by atoms with Crippen LogP contribution in [0, 0.1) is 0 Å². The van der Waals surface area contributed by atoms with Gasteiger partial charge in [-0.2, -0.15) is 0 Å². The monoisotopic (exact) mass is 199 g/mol. The van der Waals surface area contributed by atoms with E-state index >= 15 is 0 Å². The van der Waals surface area contributed by atoms with E-state index in [4.69, 9.17) is 0 Å². The summed E-state index contributed by atoms with van der Waals surface area (Å²) in [7, 11) is 0. The number of hydrogen-bond acceptors (Lipinski definition) is 0. The number of H-pyrrole nitrogens is 1. The molecule has 15 heavy (non-hydrogen) atoms. The molecule has 0 fully saturated rings. The highest BCUT2D eigenvalue weighted by molar-refractivity contribution is 5.14. The highest BCUT2D eigenvalue weighted by Crippen LogP contribution is 2.07. The minimum atomic E-state index is 1.17. The Hall–Kier alpha value is -1.50. The molecule has 0 aliphatic heterocycles. The molecule has 2 aromatic rings. The van der Waals surface area contributed by atoms with Gasteiger partial charge in [-0.15, -0.1) is 0 Å². The van der Waals surface area contributed by atoms with Gasteiger partial charge in [-0.25, -0.2) is 0 Å². The highest BCUT2D eigenvalue weighted by atomic mass is 14.7. The fourth-order valence-corrected chi connectivity index (χ4v) is 1.81. The molecule has 0 unspecified atom stereocenters. The van der Waals surface area contributed by atoms with Crippen molar-refractivity contribution in [3.63, 3.8) is 0 Å². The summed E-state index contributed by atoms with van der Waals surface area (Å²) in [4.78, 5) is 3.24. The van der Waals surface area contributed by atoms with Crippen molar-refractivity contribution < 1.29 is 0 Å². The maximum Gasteiger partial charge on any atom is 0.0147 e. The summed E-state index contributed by atoms with van der Waals surface area (Å²) in [5.41, 5.74) is 2.80. The van der Waals surface area contributed by atoms with Gasteiger partial charge in [-0.1, -0.05) is 30.3 Å². The van der Waals surface area contributed by atoms with Crippen molar-refractivity contribution in [3.05, 3.63) is 59.9 Å². The van der Waals surface area contributed by atoms with Crippen LogP contribution in [-0.2, 0) is 12.8 Å². The van der Waals surface area contributed by atoms with Crippen LogP contribution in [0.1, 0.15) is 24.1 Å². The number of benzene rings is 1. The van der Waals surface area contributed by atoms with Crippen molar-refractivity contribution in [2.45, 2.75) is 25.7 Å². The molecule has 0 aliphatic rings. The average Bonchev–Trinajstić information content (AvgIpc) is 2.79. The normalized spacial score (nSPS) is 10.4. The number of aromatic nitrogens is 1. The van der Waals surface area contributed by atoms with Gasteiger partial charge in [0, 0.05) is 11.9 Å². The van der Waals surface area contributed by atoms with Crippen molar-refractivity contribution >= 4 is 0 Å². The molecule has 1 N–H and O–H groups in total. The molecule has 2 rings (SSSR count). The lowest BCUT2D eigenvalue weighted by Crippen LogP contribution is -1.88. The molecule has 1 heteroatoms. The lowest BCUT2D eigenvalue weighted by Gasteiger charge is -2.00. The molecule has 0 aliphatic carbocycles. The van der Waals surface area contributed by atoms with Crippen LogP contribution in [-0.4, -0.2) is 4.98 Å². The summed E-state index contributed by atoms with van der Waals surface area (Å²) in [6.07, 6.45) is 6.88. The molecule has 0 bridgehead atoms. The second-order valence-electron chi connectivity index (χ2n) is 3.89. The van der Waals surface area contributed by atoms with Gasteiger partial charge in [0.15, 0.2) is 0 Å². The van der Waals surface area contributed by atoms with Crippen LogP contribution in [0.2, 0.25) is 0 Å². The Morgan fingerprint density at radius 1 is 0.800 bits per heavy atom. The molecule has 0 saturated carbocycles. The minimum Gasteiger partial charge on any atom is -0.365 e. The van der Waals surface area contributed by atoms with Gasteiger partial charge in [-0.05, 0) is 43.4 Å². The zero-order chi connectivity index (χ0) is 10.3. The third kappa shape index (κ3) is 3.28. The zero-order valence-electron chi connectivity index (χ0n) is 8.95. The zero-order valence-corrected chi connectivity index (χ0v) is 8.95. The second kappa shape index (κ2) is 5.40. The van der Waals surface area contributed by atoms with Gasteiger partial charge in [0.25, 0.3) is 0 Å². The Balaban J connectivity index is 1.68. The number of rotatable bonds is 5. The summed E-state index contributed by atoms with van der Waals surface area (Å²) in [6, 6.07) is 14.9. The summed E-state index contributed by atoms with van der Waals surface area (Å²) in [6.45, 7) is 0. The van der Waals surface area contributed by atoms with E-state index in [9.17, 15) is 0 Å². The molecular formula is C14H17N. The molecule has 0 atom stereocenters. The van der Waals surface area contributed by atoms with E-state index in [2.05, 4.69) is 47.4 Å². The van der Waals surface area contributed by atoms with E-state index < -0.39 is 0 Å². The molecule has 78 valence electrons. The second-order valence-corrected chi connectivity index (χ2v) is 3.89. The Kier molecular flexibility index (Phi) is 3.61. The molecule has 1 heterocycles. The maximum absolute atomic E-state index is 3.24. The summed E-state index contributed by atoms with van der Waals surface area (Å²) in [5.74, 6) is 0. The van der Waals surface area contributed by atoms with Crippen molar-refractivity contribution in [3.8, 4) is 0 Å². The molecule has 1 aromatic carbocycles. The van der Waals surface area contributed by atoms with E-state index in [0.29, 0.717) is 0 Å². The van der Waals surface area contributed by atoms with Gasteiger partial charge in [0.05, 0.1) is 0 Å². The fourth-order valence-electron chi connectivity index (χ4n) is 1.81. The third-order valence-electron chi connectivity index (χ3n) is 2.67. The Bertz CT molecular complexity index is 362. The number of hydrogen-bond donors (Lipinski definition) is 1. The summed E-state index contributed by atoms with van der Waals surface area (Å²) >= 11 is 0. The largest absolute Gasteiger partial charge is 0.365 e. The smallest absolute Gasteiger partial charge is 0.0147 e. The van der Waals surface area contributed by atoms with Crippen molar-refractivity contribution in [1.29, 1.82) is 0 Å². The van der Waals surface area contributed by atoms with Crippen LogP contribution in [0.5, 0.6) is 0 Å². The number of unbranched alkanes of at least 4 members (excludes halogenated alkanes) is 1. The number of aryl methyl sites for hydroxylation is 2. The van der Waals surface area contributed by atoms with E-state index in [-0.39, 0.29) is 0 Å². The van der Waals surface area contributed by atoms with E-state index in [0.717, 1.165) is 0 Å². The van der Waals surface area contributed by atoms with Crippen LogP contribution in [0.4, 0.5) is 0 Å². The first-order chi connectivity index (χ1) is 7.45. The molecule has 0 amide bonds. The molecule has 0 saturated heterocycles. The molecule has 0 spiro atoms. The third-order valence-corrected chi connectivity index (χ3v) is 2.67. The number of nitrogens with one attached hydrogen (secondary N) is 1. The van der Waals surface area contributed by atoms with Gasteiger partial charge in [0.1, 0.15) is 0 Å². The van der Waals surface area contributed by atoms with Crippen LogP contribution < -0.4 is 0 Å². The lowest BCUT2D eigenvalue weighted by atomic mass is 10.1. The van der Waals surface area contributed by atoms with Crippen molar-refractivity contribution in [2.24, 2.45) is 0 Å². The minimum absolute atomic E-state index is 1.17. The summed E-state index contributed by atoms with van der Waals surface area (Å²) in [5, 5.41) is 0. The first-order valence-corrected chi connectivity index (χ1v) is 5.61.